The molecule has 0 bridgehead atoms. The third-order valence-corrected chi connectivity index (χ3v) is 4.53. The normalized spacial score (nSPS) is 11.0. The summed E-state index contributed by atoms with van der Waals surface area (Å²) in [5, 5.41) is 13.5. The van der Waals surface area contributed by atoms with E-state index in [9.17, 15) is 14.7 Å². The van der Waals surface area contributed by atoms with Gasteiger partial charge in [-0.05, 0) is 51.1 Å². The van der Waals surface area contributed by atoms with Gasteiger partial charge in [-0.2, -0.15) is 5.10 Å². The van der Waals surface area contributed by atoms with Crippen molar-refractivity contribution < 1.29 is 14.7 Å². The molecule has 142 valence electrons. The lowest BCUT2D eigenvalue weighted by molar-refractivity contribution is 0.0696. The van der Waals surface area contributed by atoms with Crippen molar-refractivity contribution in [3.63, 3.8) is 0 Å². The van der Waals surface area contributed by atoms with Crippen molar-refractivity contribution in [1.29, 1.82) is 0 Å². The molecule has 2 aromatic carbocycles. The molecule has 1 amide bonds. The number of nitrogens with zero attached hydrogens (tertiary/aromatic N) is 2. The Hall–Kier alpha value is -3.67. The number of carboxylic acids is 1. The molecule has 0 aliphatic rings. The van der Waals surface area contributed by atoms with Gasteiger partial charge < -0.3 is 9.67 Å². The number of aromatic carboxylic acids is 1. The van der Waals surface area contributed by atoms with Crippen LogP contribution in [-0.2, 0) is 0 Å². The predicted molar refractivity (Wildman–Crippen MR) is 108 cm³/mol. The van der Waals surface area contributed by atoms with Gasteiger partial charge in [-0.25, -0.2) is 10.2 Å². The van der Waals surface area contributed by atoms with Crippen molar-refractivity contribution in [2.45, 2.75) is 20.8 Å². The van der Waals surface area contributed by atoms with Gasteiger partial charge in [-0.3, -0.25) is 4.79 Å². The molecule has 6 nitrogen and oxygen atoms in total. The summed E-state index contributed by atoms with van der Waals surface area (Å²) in [4.78, 5) is 23.7. The van der Waals surface area contributed by atoms with Gasteiger partial charge in [0.15, 0.2) is 0 Å². The lowest BCUT2D eigenvalue weighted by Gasteiger charge is -2.12. The molecular weight excluding hydrogens is 354 g/mol. The smallest absolute Gasteiger partial charge is 0.337 e. The van der Waals surface area contributed by atoms with E-state index in [4.69, 9.17) is 0 Å². The van der Waals surface area contributed by atoms with Gasteiger partial charge in [0.05, 0.1) is 17.5 Å². The minimum atomic E-state index is -0.983. The summed E-state index contributed by atoms with van der Waals surface area (Å²) in [7, 11) is 0. The molecule has 0 atom stereocenters. The second-order valence-electron chi connectivity index (χ2n) is 6.55. The number of carboxylic acid groups (broad SMARTS) is 1. The molecule has 0 unspecified atom stereocenters. The van der Waals surface area contributed by atoms with Crippen molar-refractivity contribution in [2.24, 2.45) is 5.10 Å². The molecule has 0 fully saturated rings. The first kappa shape index (κ1) is 19.1. The molecule has 2 N–H and O–H groups in total. The first-order chi connectivity index (χ1) is 13.4. The van der Waals surface area contributed by atoms with Gasteiger partial charge in [0.25, 0.3) is 5.91 Å². The van der Waals surface area contributed by atoms with E-state index in [1.807, 2.05) is 43.5 Å². The average molecular weight is 375 g/mol. The molecule has 3 rings (SSSR count). The van der Waals surface area contributed by atoms with Crippen LogP contribution in [-0.4, -0.2) is 27.8 Å². The Morgan fingerprint density at radius 2 is 1.71 bits per heavy atom. The number of carbonyl (C=O) groups excluding carboxylic acids is 1. The number of aromatic nitrogens is 1. The van der Waals surface area contributed by atoms with E-state index >= 15 is 0 Å². The van der Waals surface area contributed by atoms with E-state index in [1.165, 1.54) is 0 Å². The van der Waals surface area contributed by atoms with Gasteiger partial charge in [0.2, 0.25) is 0 Å². The summed E-state index contributed by atoms with van der Waals surface area (Å²) in [6.45, 7) is 5.74. The summed E-state index contributed by atoms with van der Waals surface area (Å²) in [6.07, 6.45) is 1.56. The van der Waals surface area contributed by atoms with Crippen LogP contribution in [0, 0.1) is 20.8 Å². The lowest BCUT2D eigenvalue weighted by Crippen LogP contribution is -2.17. The molecular formula is C22H21N3O3. The molecule has 28 heavy (non-hydrogen) atoms. The monoisotopic (exact) mass is 375 g/mol. The van der Waals surface area contributed by atoms with Crippen LogP contribution in [0.5, 0.6) is 0 Å². The minimum Gasteiger partial charge on any atom is -0.478 e. The zero-order valence-electron chi connectivity index (χ0n) is 15.9. The fraction of sp³-hybridized carbons (Fsp3) is 0.136. The van der Waals surface area contributed by atoms with Crippen LogP contribution >= 0.6 is 0 Å². The summed E-state index contributed by atoms with van der Waals surface area (Å²) in [5.74, 6) is -1.27. The highest BCUT2D eigenvalue weighted by molar-refractivity contribution is 5.95. The molecule has 6 heteroatoms. The Labute approximate surface area is 163 Å². The number of hydrogen-bond acceptors (Lipinski definition) is 3. The number of amides is 1. The van der Waals surface area contributed by atoms with Crippen LogP contribution in [0.25, 0.3) is 5.69 Å². The fourth-order valence-corrected chi connectivity index (χ4v) is 3.07. The van der Waals surface area contributed by atoms with Crippen molar-refractivity contribution in [2.75, 3.05) is 0 Å². The number of hydrogen-bond donors (Lipinski definition) is 2. The second kappa shape index (κ2) is 7.92. The Morgan fingerprint density at radius 1 is 1.04 bits per heavy atom. The van der Waals surface area contributed by atoms with E-state index < -0.39 is 5.97 Å². The maximum atomic E-state index is 12.1. The molecule has 0 saturated carbocycles. The molecule has 0 saturated heterocycles. The van der Waals surface area contributed by atoms with Crippen LogP contribution < -0.4 is 5.43 Å². The van der Waals surface area contributed by atoms with Gasteiger partial charge in [-0.15, -0.1) is 0 Å². The van der Waals surface area contributed by atoms with Crippen LogP contribution in [0.3, 0.4) is 0 Å². The molecule has 0 aliphatic heterocycles. The summed E-state index contributed by atoms with van der Waals surface area (Å²) in [5.41, 5.74) is 7.44. The molecule has 0 aliphatic carbocycles. The van der Waals surface area contributed by atoms with Crippen LogP contribution in [0.4, 0.5) is 0 Å². The Balaban J connectivity index is 1.84. The Bertz CT molecular complexity index is 1060. The topological polar surface area (TPSA) is 83.7 Å². The number of hydrazone groups is 1. The quantitative estimate of drug-likeness (QED) is 0.525. The lowest BCUT2D eigenvalue weighted by atomic mass is 10.1. The first-order valence-electron chi connectivity index (χ1n) is 8.80. The number of carbonyl (C=O) groups is 2. The SMILES string of the molecule is Cc1ccc(C(=O)N/N=C\c2cc(C)n(-c3ccccc3C(=O)O)c2C)cc1. The molecule has 0 spiro atoms. The molecule has 3 aromatic rings. The largest absolute Gasteiger partial charge is 0.478 e. The van der Waals surface area contributed by atoms with Crippen molar-refractivity contribution in [3.05, 3.63) is 88.2 Å². The summed E-state index contributed by atoms with van der Waals surface area (Å²) in [6, 6.07) is 16.0. The van der Waals surface area contributed by atoms with E-state index in [0.717, 1.165) is 22.5 Å². The van der Waals surface area contributed by atoms with E-state index in [2.05, 4.69) is 10.5 Å². The number of benzene rings is 2. The molecule has 0 radical (unpaired) electrons. The van der Waals surface area contributed by atoms with Gasteiger partial charge >= 0.3 is 5.97 Å². The average Bonchev–Trinajstić information content (AvgIpc) is 2.95. The minimum absolute atomic E-state index is 0.223. The van der Waals surface area contributed by atoms with Crippen LogP contribution in [0.15, 0.2) is 59.7 Å². The highest BCUT2D eigenvalue weighted by Crippen LogP contribution is 2.22. The summed E-state index contributed by atoms with van der Waals surface area (Å²) < 4.78 is 1.87. The van der Waals surface area contributed by atoms with Crippen molar-refractivity contribution >= 4 is 18.1 Å². The van der Waals surface area contributed by atoms with Crippen molar-refractivity contribution in [1.82, 2.24) is 9.99 Å². The highest BCUT2D eigenvalue weighted by Gasteiger charge is 2.16. The fourth-order valence-electron chi connectivity index (χ4n) is 3.07. The van der Waals surface area contributed by atoms with Crippen molar-refractivity contribution in [3.8, 4) is 5.69 Å². The van der Waals surface area contributed by atoms with Gasteiger partial charge in [-0.1, -0.05) is 29.8 Å². The van der Waals surface area contributed by atoms with E-state index in [0.29, 0.717) is 11.3 Å². The highest BCUT2D eigenvalue weighted by atomic mass is 16.4. The van der Waals surface area contributed by atoms with Gasteiger partial charge in [0, 0.05) is 22.5 Å². The maximum Gasteiger partial charge on any atom is 0.337 e. The molecule has 1 aromatic heterocycles. The van der Waals surface area contributed by atoms with Gasteiger partial charge in [0.1, 0.15) is 0 Å². The van der Waals surface area contributed by atoms with Crippen LogP contribution in [0.1, 0.15) is 43.2 Å². The maximum absolute atomic E-state index is 12.1. The summed E-state index contributed by atoms with van der Waals surface area (Å²) >= 11 is 0. The van der Waals surface area contributed by atoms with E-state index in [1.54, 1.807) is 42.6 Å². The number of para-hydroxylation sites is 1. The third kappa shape index (κ3) is 3.86. The molecule has 1 heterocycles. The number of aryl methyl sites for hydroxylation is 2. The Morgan fingerprint density at radius 3 is 2.39 bits per heavy atom. The van der Waals surface area contributed by atoms with Crippen LogP contribution in [0.2, 0.25) is 0 Å². The number of rotatable bonds is 5. The predicted octanol–water partition coefficient (Wildman–Crippen LogP) is 3.86. The Kier molecular flexibility index (Phi) is 5.40. The zero-order valence-corrected chi connectivity index (χ0v) is 15.9. The standard InChI is InChI=1S/C22H21N3O3/c1-14-8-10-17(11-9-14)21(26)24-23-13-18-12-15(2)25(16(18)3)20-7-5-4-6-19(20)22(27)28/h4-13H,1-3H3,(H,24,26)(H,27,28)/b23-13-. The first-order valence-corrected chi connectivity index (χ1v) is 8.80. The second-order valence-corrected chi connectivity index (χ2v) is 6.55. The number of nitrogens with one attached hydrogen (secondary N) is 1. The zero-order chi connectivity index (χ0) is 20.3. The third-order valence-electron chi connectivity index (χ3n) is 4.53. The van der Waals surface area contributed by atoms with E-state index in [-0.39, 0.29) is 11.5 Å².